The predicted octanol–water partition coefficient (Wildman–Crippen LogP) is 2.94. The quantitative estimate of drug-likeness (QED) is 0.803. The van der Waals surface area contributed by atoms with Gasteiger partial charge >= 0.3 is 0 Å². The van der Waals surface area contributed by atoms with Gasteiger partial charge in [0.15, 0.2) is 0 Å². The van der Waals surface area contributed by atoms with E-state index in [9.17, 15) is 0 Å². The number of benzene rings is 1. The zero-order valence-electron chi connectivity index (χ0n) is 9.51. The number of hydrogen-bond acceptors (Lipinski definition) is 2. The molecule has 0 saturated heterocycles. The van der Waals surface area contributed by atoms with Gasteiger partial charge in [-0.15, -0.1) is 11.6 Å². The van der Waals surface area contributed by atoms with Crippen LogP contribution in [-0.4, -0.2) is 13.0 Å². The molecule has 0 aliphatic rings. The fraction of sp³-hybridized carbons (Fsp3) is 0.500. The van der Waals surface area contributed by atoms with E-state index in [0.29, 0.717) is 5.88 Å². The average molecular weight is 228 g/mol. The minimum absolute atomic E-state index is 0.0205. The molecule has 1 rings (SSSR count). The Morgan fingerprint density at radius 2 is 2.00 bits per heavy atom. The van der Waals surface area contributed by atoms with Crippen molar-refractivity contribution in [3.8, 4) is 5.75 Å². The van der Waals surface area contributed by atoms with Gasteiger partial charge in [0.2, 0.25) is 0 Å². The lowest BCUT2D eigenvalue weighted by molar-refractivity contribution is 0.411. The van der Waals surface area contributed by atoms with Gasteiger partial charge < -0.3 is 10.5 Å². The summed E-state index contributed by atoms with van der Waals surface area (Å²) in [6.45, 7) is 4.12. The van der Waals surface area contributed by atoms with E-state index in [-0.39, 0.29) is 6.04 Å². The second-order valence-electron chi connectivity index (χ2n) is 3.69. The molecule has 3 heteroatoms. The first-order valence-electron chi connectivity index (χ1n) is 5.07. The first-order chi connectivity index (χ1) is 7.11. The Bertz CT molecular complexity index is 339. The van der Waals surface area contributed by atoms with Crippen LogP contribution in [0.2, 0.25) is 0 Å². The summed E-state index contributed by atoms with van der Waals surface area (Å²) in [6.07, 6.45) is 0.800. The molecule has 1 aromatic carbocycles. The van der Waals surface area contributed by atoms with Crippen molar-refractivity contribution in [3.63, 3.8) is 0 Å². The Kier molecular flexibility index (Phi) is 4.43. The maximum Gasteiger partial charge on any atom is 0.122 e. The largest absolute Gasteiger partial charge is 0.496 e. The number of methoxy groups -OCH3 is 1. The third-order valence-corrected chi connectivity index (χ3v) is 3.04. The summed E-state index contributed by atoms with van der Waals surface area (Å²) >= 11 is 5.69. The zero-order chi connectivity index (χ0) is 11.4. The van der Waals surface area contributed by atoms with Crippen LogP contribution in [0.1, 0.15) is 29.2 Å². The zero-order valence-corrected chi connectivity index (χ0v) is 10.3. The van der Waals surface area contributed by atoms with Crippen LogP contribution in [0.15, 0.2) is 12.1 Å². The summed E-state index contributed by atoms with van der Waals surface area (Å²) in [5, 5.41) is 0. The van der Waals surface area contributed by atoms with E-state index in [1.165, 1.54) is 5.56 Å². The number of ether oxygens (including phenoxy) is 1. The number of hydrogen-bond donors (Lipinski definition) is 1. The van der Waals surface area contributed by atoms with Crippen LogP contribution >= 0.6 is 11.6 Å². The van der Waals surface area contributed by atoms with Crippen LogP contribution in [0.4, 0.5) is 0 Å². The van der Waals surface area contributed by atoms with E-state index in [2.05, 4.69) is 6.92 Å². The Labute approximate surface area is 96.4 Å². The molecule has 1 atom stereocenters. The molecule has 0 spiro atoms. The van der Waals surface area contributed by atoms with Gasteiger partial charge in [-0.3, -0.25) is 0 Å². The topological polar surface area (TPSA) is 35.2 Å². The molecule has 0 amide bonds. The maximum absolute atomic E-state index is 6.04. The normalized spacial score (nSPS) is 12.6. The van der Waals surface area contributed by atoms with Crippen LogP contribution in [0.3, 0.4) is 0 Å². The first-order valence-corrected chi connectivity index (χ1v) is 5.61. The highest BCUT2D eigenvalue weighted by molar-refractivity contribution is 6.17. The van der Waals surface area contributed by atoms with E-state index in [4.69, 9.17) is 22.1 Å². The number of alkyl halides is 1. The lowest BCUT2D eigenvalue weighted by Crippen LogP contribution is -2.13. The molecule has 0 saturated carbocycles. The minimum Gasteiger partial charge on any atom is -0.496 e. The fourth-order valence-electron chi connectivity index (χ4n) is 1.71. The Morgan fingerprint density at radius 1 is 1.33 bits per heavy atom. The third kappa shape index (κ3) is 2.64. The van der Waals surface area contributed by atoms with Gasteiger partial charge in [-0.1, -0.05) is 6.07 Å². The molecular formula is C12H18ClNO. The molecule has 0 aliphatic heterocycles. The fourth-order valence-corrected chi connectivity index (χ4v) is 1.95. The molecule has 15 heavy (non-hydrogen) atoms. The molecule has 2 nitrogen and oxygen atoms in total. The highest BCUT2D eigenvalue weighted by Gasteiger charge is 2.12. The van der Waals surface area contributed by atoms with E-state index >= 15 is 0 Å². The summed E-state index contributed by atoms with van der Waals surface area (Å²) in [5.74, 6) is 1.50. The standard InChI is InChI=1S/C12H18ClNO/c1-8-9(2)12(15-3)5-4-10(8)11(14)6-7-13/h4-5,11H,6-7,14H2,1-3H3. The average Bonchev–Trinajstić information content (AvgIpc) is 2.22. The molecule has 84 valence electrons. The smallest absolute Gasteiger partial charge is 0.122 e. The Balaban J connectivity index is 3.06. The molecule has 1 aromatic rings. The van der Waals surface area contributed by atoms with Crippen molar-refractivity contribution < 1.29 is 4.74 Å². The summed E-state index contributed by atoms with van der Waals surface area (Å²) in [5.41, 5.74) is 9.56. The molecular weight excluding hydrogens is 210 g/mol. The minimum atomic E-state index is 0.0205. The number of rotatable bonds is 4. The van der Waals surface area contributed by atoms with Gasteiger partial charge in [0.25, 0.3) is 0 Å². The van der Waals surface area contributed by atoms with Gasteiger partial charge in [-0.25, -0.2) is 0 Å². The van der Waals surface area contributed by atoms with Crippen molar-refractivity contribution in [1.29, 1.82) is 0 Å². The van der Waals surface area contributed by atoms with Crippen LogP contribution in [0, 0.1) is 13.8 Å². The van der Waals surface area contributed by atoms with E-state index < -0.39 is 0 Å². The SMILES string of the molecule is COc1ccc(C(N)CCCl)c(C)c1C. The van der Waals surface area contributed by atoms with Crippen molar-refractivity contribution in [3.05, 3.63) is 28.8 Å². The molecule has 0 fully saturated rings. The number of halogens is 1. The van der Waals surface area contributed by atoms with E-state index in [0.717, 1.165) is 23.3 Å². The summed E-state index contributed by atoms with van der Waals surface area (Å²) in [6, 6.07) is 4.01. The molecule has 1 unspecified atom stereocenters. The molecule has 2 N–H and O–H groups in total. The monoisotopic (exact) mass is 227 g/mol. The number of nitrogens with two attached hydrogens (primary N) is 1. The highest BCUT2D eigenvalue weighted by Crippen LogP contribution is 2.28. The van der Waals surface area contributed by atoms with Crippen molar-refractivity contribution >= 4 is 11.6 Å². The first kappa shape index (κ1) is 12.3. The summed E-state index contributed by atoms with van der Waals surface area (Å²) in [7, 11) is 1.68. The van der Waals surface area contributed by atoms with Gasteiger partial charge in [0.1, 0.15) is 5.75 Å². The van der Waals surface area contributed by atoms with Gasteiger partial charge in [-0.05, 0) is 43.0 Å². The summed E-state index contributed by atoms with van der Waals surface area (Å²) < 4.78 is 5.25. The highest BCUT2D eigenvalue weighted by atomic mass is 35.5. The lowest BCUT2D eigenvalue weighted by atomic mass is 9.96. The molecule has 0 bridgehead atoms. The molecule has 0 aliphatic carbocycles. The van der Waals surface area contributed by atoms with Crippen LogP contribution in [0.25, 0.3) is 0 Å². The van der Waals surface area contributed by atoms with Gasteiger partial charge in [0, 0.05) is 11.9 Å². The Morgan fingerprint density at radius 3 is 2.53 bits per heavy atom. The van der Waals surface area contributed by atoms with Gasteiger partial charge in [-0.2, -0.15) is 0 Å². The molecule has 0 heterocycles. The van der Waals surface area contributed by atoms with Crippen molar-refractivity contribution in [2.75, 3.05) is 13.0 Å². The summed E-state index contributed by atoms with van der Waals surface area (Å²) in [4.78, 5) is 0. The van der Waals surface area contributed by atoms with Crippen LogP contribution in [0.5, 0.6) is 5.75 Å². The van der Waals surface area contributed by atoms with Gasteiger partial charge in [0.05, 0.1) is 7.11 Å². The Hall–Kier alpha value is -0.730. The second kappa shape index (κ2) is 5.38. The van der Waals surface area contributed by atoms with Crippen LogP contribution in [-0.2, 0) is 0 Å². The lowest BCUT2D eigenvalue weighted by Gasteiger charge is -2.17. The van der Waals surface area contributed by atoms with E-state index in [1.54, 1.807) is 7.11 Å². The van der Waals surface area contributed by atoms with Crippen molar-refractivity contribution in [1.82, 2.24) is 0 Å². The molecule has 0 radical (unpaired) electrons. The maximum atomic E-state index is 6.04. The van der Waals surface area contributed by atoms with E-state index in [1.807, 2.05) is 19.1 Å². The van der Waals surface area contributed by atoms with Crippen molar-refractivity contribution in [2.24, 2.45) is 5.73 Å². The van der Waals surface area contributed by atoms with Crippen molar-refractivity contribution in [2.45, 2.75) is 26.3 Å². The second-order valence-corrected chi connectivity index (χ2v) is 4.07. The van der Waals surface area contributed by atoms with Crippen LogP contribution < -0.4 is 10.5 Å². The molecule has 0 aromatic heterocycles. The third-order valence-electron chi connectivity index (χ3n) is 2.82. The predicted molar refractivity (Wildman–Crippen MR) is 64.7 cm³/mol.